The molecule has 1 aliphatic heterocycles. The first kappa shape index (κ1) is 21.7. The van der Waals surface area contributed by atoms with E-state index in [0.717, 1.165) is 0 Å². The number of halogens is 4. The average Bonchev–Trinajstić information content (AvgIpc) is 3.04. The van der Waals surface area contributed by atoms with E-state index in [4.69, 9.17) is 65.4 Å². The maximum absolute atomic E-state index is 12.5. The number of fused-ring (bicyclic) bond motifs is 1. The van der Waals surface area contributed by atoms with E-state index >= 15 is 0 Å². The Balaban J connectivity index is 1.80. The highest BCUT2D eigenvalue weighted by atomic mass is 35.6. The fraction of sp³-hybridized carbons (Fsp3) is 0.211. The zero-order valence-electron chi connectivity index (χ0n) is 15.2. The summed E-state index contributed by atoms with van der Waals surface area (Å²) in [7, 11) is 3.05. The molecular weight excluding hydrogens is 464 g/mol. The molecule has 3 rings (SSSR count). The van der Waals surface area contributed by atoms with Crippen molar-refractivity contribution in [3.05, 3.63) is 53.1 Å². The third kappa shape index (κ3) is 4.61. The molecule has 1 unspecified atom stereocenters. The van der Waals surface area contributed by atoms with Crippen LogP contribution in [0.3, 0.4) is 0 Å². The summed E-state index contributed by atoms with van der Waals surface area (Å²) in [6.07, 6.45) is 2.78. The van der Waals surface area contributed by atoms with Crippen molar-refractivity contribution in [2.75, 3.05) is 14.2 Å². The molecule has 6 nitrogen and oxygen atoms in total. The zero-order valence-corrected chi connectivity index (χ0v) is 18.2. The predicted octanol–water partition coefficient (Wildman–Crippen LogP) is 4.98. The number of methoxy groups -OCH3 is 2. The van der Waals surface area contributed by atoms with Crippen LogP contribution >= 0.6 is 46.4 Å². The molecule has 29 heavy (non-hydrogen) atoms. The molecule has 10 heteroatoms. The van der Waals surface area contributed by atoms with Gasteiger partial charge in [0.15, 0.2) is 23.0 Å². The van der Waals surface area contributed by atoms with Gasteiger partial charge in [-0.15, -0.1) is 0 Å². The van der Waals surface area contributed by atoms with E-state index in [0.29, 0.717) is 22.1 Å². The zero-order chi connectivity index (χ0) is 21.2. The minimum atomic E-state index is -2.15. The number of benzene rings is 2. The van der Waals surface area contributed by atoms with Crippen LogP contribution in [0.15, 0.2) is 42.5 Å². The SMILES string of the molecule is COc1ccc(/C=C/C(=O)NC2(C(Cl)(Cl)Cl)Oc3ccc(Cl)cc3O2)cc1OC. The Morgan fingerprint density at radius 1 is 1.03 bits per heavy atom. The second-order valence-electron chi connectivity index (χ2n) is 5.85. The van der Waals surface area contributed by atoms with Gasteiger partial charge in [0, 0.05) is 17.2 Å². The van der Waals surface area contributed by atoms with Crippen LogP contribution in [-0.4, -0.2) is 29.8 Å². The monoisotopic (exact) mass is 477 g/mol. The third-order valence-corrected chi connectivity index (χ3v) is 4.89. The molecule has 2 aromatic rings. The van der Waals surface area contributed by atoms with Crippen molar-refractivity contribution in [3.63, 3.8) is 0 Å². The summed E-state index contributed by atoms with van der Waals surface area (Å²) in [5.74, 6) is -1.11. The summed E-state index contributed by atoms with van der Waals surface area (Å²) in [6, 6.07) is 9.77. The number of alkyl halides is 3. The molecule has 0 fully saturated rings. The lowest BCUT2D eigenvalue weighted by atomic mass is 10.2. The molecule has 1 amide bonds. The van der Waals surface area contributed by atoms with Crippen LogP contribution < -0.4 is 24.3 Å². The second kappa shape index (κ2) is 8.40. The van der Waals surface area contributed by atoms with Crippen molar-refractivity contribution in [3.8, 4) is 23.0 Å². The molecule has 0 radical (unpaired) electrons. The minimum absolute atomic E-state index is 0.230. The first-order valence-corrected chi connectivity index (χ1v) is 9.65. The van der Waals surface area contributed by atoms with Crippen LogP contribution in [0, 0.1) is 0 Å². The summed E-state index contributed by atoms with van der Waals surface area (Å²) < 4.78 is 19.5. The molecule has 0 bridgehead atoms. The van der Waals surface area contributed by atoms with Crippen molar-refractivity contribution in [1.29, 1.82) is 0 Å². The van der Waals surface area contributed by atoms with Crippen LogP contribution in [-0.2, 0) is 4.79 Å². The number of carbonyl (C=O) groups excluding carboxylic acids is 1. The standard InChI is InChI=1S/C19H15Cl4NO5/c1-26-13-6-3-11(9-15(13)27-2)4-8-17(25)24-19(18(21,22)23)28-14-7-5-12(20)10-16(14)29-19/h3-10H,1-2H3,(H,24,25)/b8-4+. The van der Waals surface area contributed by atoms with E-state index in [2.05, 4.69) is 5.32 Å². The Kier molecular flexibility index (Phi) is 6.29. The number of ether oxygens (including phenoxy) is 4. The third-order valence-electron chi connectivity index (χ3n) is 3.91. The summed E-state index contributed by atoms with van der Waals surface area (Å²) in [4.78, 5) is 12.5. The lowest BCUT2D eigenvalue weighted by molar-refractivity contribution is -0.140. The molecule has 0 aliphatic carbocycles. The molecule has 0 spiro atoms. The maximum atomic E-state index is 12.5. The van der Waals surface area contributed by atoms with Gasteiger partial charge in [0.2, 0.25) is 5.91 Å². The summed E-state index contributed by atoms with van der Waals surface area (Å²) >= 11 is 24.1. The predicted molar refractivity (Wildman–Crippen MR) is 112 cm³/mol. The van der Waals surface area contributed by atoms with E-state index in [9.17, 15) is 4.79 Å². The topological polar surface area (TPSA) is 66.0 Å². The maximum Gasteiger partial charge on any atom is 0.388 e. The molecule has 0 aromatic heterocycles. The van der Waals surface area contributed by atoms with Gasteiger partial charge >= 0.3 is 5.91 Å². The first-order chi connectivity index (χ1) is 13.7. The Morgan fingerprint density at radius 3 is 2.38 bits per heavy atom. The number of amides is 1. The lowest BCUT2D eigenvalue weighted by Gasteiger charge is -2.33. The lowest BCUT2D eigenvalue weighted by Crippen LogP contribution is -2.63. The Bertz CT molecular complexity index is 960. The normalized spacial score (nSPS) is 18.0. The van der Waals surface area contributed by atoms with Crippen LogP contribution in [0.25, 0.3) is 6.08 Å². The molecule has 1 N–H and O–H groups in total. The van der Waals surface area contributed by atoms with Gasteiger partial charge in [0.05, 0.1) is 14.2 Å². The van der Waals surface area contributed by atoms with Crippen molar-refractivity contribution in [2.45, 2.75) is 9.70 Å². The summed E-state index contributed by atoms with van der Waals surface area (Å²) in [5, 5.41) is 2.85. The number of nitrogens with one attached hydrogen (secondary N) is 1. The van der Waals surface area contributed by atoms with Crippen LogP contribution in [0.2, 0.25) is 5.02 Å². The van der Waals surface area contributed by atoms with Gasteiger partial charge in [-0.3, -0.25) is 10.1 Å². The smallest absolute Gasteiger partial charge is 0.388 e. The average molecular weight is 479 g/mol. The van der Waals surface area contributed by atoms with Gasteiger partial charge in [-0.1, -0.05) is 52.5 Å². The minimum Gasteiger partial charge on any atom is -0.493 e. The van der Waals surface area contributed by atoms with Gasteiger partial charge < -0.3 is 18.9 Å². The van der Waals surface area contributed by atoms with E-state index in [-0.39, 0.29) is 11.5 Å². The summed E-state index contributed by atoms with van der Waals surface area (Å²) in [6.45, 7) is 0. The molecule has 1 heterocycles. The number of hydrogen-bond donors (Lipinski definition) is 1. The molecule has 0 saturated heterocycles. The van der Waals surface area contributed by atoms with Gasteiger partial charge in [-0.05, 0) is 35.9 Å². The van der Waals surface area contributed by atoms with Crippen molar-refractivity contribution >= 4 is 58.4 Å². The number of rotatable bonds is 5. The highest BCUT2D eigenvalue weighted by Gasteiger charge is 2.59. The Labute approximate surface area is 187 Å². The number of hydrogen-bond acceptors (Lipinski definition) is 5. The fourth-order valence-corrected chi connectivity index (χ4v) is 3.08. The fourth-order valence-electron chi connectivity index (χ4n) is 2.55. The van der Waals surface area contributed by atoms with Gasteiger partial charge in [-0.2, -0.15) is 0 Å². The summed E-state index contributed by atoms with van der Waals surface area (Å²) in [5.41, 5.74) is 0.684. The number of carbonyl (C=O) groups is 1. The second-order valence-corrected chi connectivity index (χ2v) is 8.56. The molecule has 1 aliphatic rings. The molecule has 1 atom stereocenters. The van der Waals surface area contributed by atoms with E-state index < -0.39 is 15.6 Å². The quantitative estimate of drug-likeness (QED) is 0.484. The highest BCUT2D eigenvalue weighted by Crippen LogP contribution is 2.49. The molecule has 154 valence electrons. The van der Waals surface area contributed by atoms with E-state index in [1.54, 1.807) is 36.4 Å². The van der Waals surface area contributed by atoms with Crippen molar-refractivity contribution in [2.24, 2.45) is 0 Å². The van der Waals surface area contributed by atoms with Crippen molar-refractivity contribution in [1.82, 2.24) is 5.32 Å². The largest absolute Gasteiger partial charge is 0.493 e. The Morgan fingerprint density at radius 2 is 1.72 bits per heavy atom. The molecular formula is C19H15Cl4NO5. The van der Waals surface area contributed by atoms with Gasteiger partial charge in [0.1, 0.15) is 0 Å². The van der Waals surface area contributed by atoms with Crippen molar-refractivity contribution < 1.29 is 23.7 Å². The van der Waals surface area contributed by atoms with Gasteiger partial charge in [0.25, 0.3) is 3.79 Å². The van der Waals surface area contributed by atoms with E-state index in [1.165, 1.54) is 26.4 Å². The van der Waals surface area contributed by atoms with Crippen LogP contribution in [0.4, 0.5) is 0 Å². The molecule has 0 saturated carbocycles. The van der Waals surface area contributed by atoms with Crippen LogP contribution in [0.5, 0.6) is 23.0 Å². The highest BCUT2D eigenvalue weighted by molar-refractivity contribution is 6.68. The molecule has 2 aromatic carbocycles. The van der Waals surface area contributed by atoms with Gasteiger partial charge in [-0.25, -0.2) is 0 Å². The van der Waals surface area contributed by atoms with E-state index in [1.807, 2.05) is 0 Å². The first-order valence-electron chi connectivity index (χ1n) is 8.14. The Hall–Kier alpha value is -1.99. The van der Waals surface area contributed by atoms with Crippen LogP contribution in [0.1, 0.15) is 5.56 Å².